The highest BCUT2D eigenvalue weighted by molar-refractivity contribution is 7.91. The molecule has 6 nitrogen and oxygen atoms in total. The molecule has 2 heterocycles. The zero-order chi connectivity index (χ0) is 21.3. The van der Waals surface area contributed by atoms with Crippen molar-refractivity contribution < 1.29 is 18.3 Å². The quantitative estimate of drug-likeness (QED) is 0.757. The van der Waals surface area contributed by atoms with Crippen LogP contribution in [0.15, 0.2) is 41.3 Å². The number of aliphatic hydroxyl groups is 1. The normalized spacial score (nSPS) is 20.0. The smallest absolute Gasteiger partial charge is 0.252 e. The van der Waals surface area contributed by atoms with E-state index in [1.807, 2.05) is 0 Å². The molecule has 1 amide bonds. The zero-order valence-corrected chi connectivity index (χ0v) is 18.4. The number of carbonyl (C=O) groups is 1. The zero-order valence-electron chi connectivity index (χ0n) is 16.8. The van der Waals surface area contributed by atoms with Crippen LogP contribution in [0.3, 0.4) is 0 Å². The molecule has 1 atom stereocenters. The summed E-state index contributed by atoms with van der Waals surface area (Å²) in [6, 6.07) is 10.4. The molecule has 2 saturated heterocycles. The van der Waals surface area contributed by atoms with Gasteiger partial charge in [-0.25, -0.2) is 8.42 Å². The van der Waals surface area contributed by atoms with Crippen molar-refractivity contribution in [2.45, 2.75) is 42.7 Å². The van der Waals surface area contributed by atoms with Gasteiger partial charge in [0.15, 0.2) is 9.84 Å². The number of nitrogens with zero attached hydrogens (tertiary/aromatic N) is 2. The number of hydrogen-bond acceptors (Lipinski definition) is 5. The number of likely N-dealkylation sites (tertiary alicyclic amines) is 2. The van der Waals surface area contributed by atoms with E-state index in [9.17, 15) is 18.3 Å². The van der Waals surface area contributed by atoms with Crippen LogP contribution in [0, 0.1) is 0 Å². The largest absolute Gasteiger partial charge is 0.382 e. The SMILES string of the molecule is O=C([C@H](O)CS(=O)(=O)c1ccc2cc(Cl)ccc2c1)N1CCC(N2CCCC2)CC1. The number of aliphatic hydroxyl groups excluding tert-OH is 1. The first-order valence-corrected chi connectivity index (χ1v) is 12.5. The molecule has 2 aliphatic heterocycles. The summed E-state index contributed by atoms with van der Waals surface area (Å²) in [4.78, 5) is 16.9. The third-order valence-electron chi connectivity index (χ3n) is 6.23. The molecule has 0 bridgehead atoms. The fraction of sp³-hybridized carbons (Fsp3) is 0.500. The van der Waals surface area contributed by atoms with Gasteiger partial charge in [0.05, 0.1) is 10.6 Å². The molecule has 0 aromatic heterocycles. The Morgan fingerprint density at radius 2 is 1.67 bits per heavy atom. The number of rotatable bonds is 5. The maximum atomic E-state index is 12.8. The summed E-state index contributed by atoms with van der Waals surface area (Å²) in [5.74, 6) is -1.11. The molecule has 2 aromatic carbocycles. The topological polar surface area (TPSA) is 77.9 Å². The third-order valence-corrected chi connectivity index (χ3v) is 8.19. The van der Waals surface area contributed by atoms with Crippen LogP contribution in [-0.2, 0) is 14.6 Å². The lowest BCUT2D eigenvalue weighted by Gasteiger charge is -2.37. The Balaban J connectivity index is 1.39. The van der Waals surface area contributed by atoms with Crippen molar-refractivity contribution >= 4 is 38.1 Å². The van der Waals surface area contributed by atoms with Crippen LogP contribution < -0.4 is 0 Å². The molecule has 2 fully saturated rings. The van der Waals surface area contributed by atoms with Crippen molar-refractivity contribution in [3.05, 3.63) is 41.4 Å². The van der Waals surface area contributed by atoms with Gasteiger partial charge in [0.25, 0.3) is 5.91 Å². The Bertz CT molecular complexity index is 1030. The van der Waals surface area contributed by atoms with E-state index >= 15 is 0 Å². The van der Waals surface area contributed by atoms with Crippen molar-refractivity contribution in [3.63, 3.8) is 0 Å². The van der Waals surface area contributed by atoms with Crippen LogP contribution >= 0.6 is 11.6 Å². The minimum absolute atomic E-state index is 0.0944. The first-order valence-electron chi connectivity index (χ1n) is 10.5. The maximum Gasteiger partial charge on any atom is 0.252 e. The Kier molecular flexibility index (Phi) is 6.34. The van der Waals surface area contributed by atoms with E-state index in [0.717, 1.165) is 36.7 Å². The van der Waals surface area contributed by atoms with Gasteiger partial charge >= 0.3 is 0 Å². The minimum atomic E-state index is -3.81. The summed E-state index contributed by atoms with van der Waals surface area (Å²) >= 11 is 5.98. The molecule has 0 aliphatic carbocycles. The number of carbonyl (C=O) groups excluding carboxylic acids is 1. The molecular weight excluding hydrogens is 424 g/mol. The Hall–Kier alpha value is -1.67. The Labute approximate surface area is 182 Å². The van der Waals surface area contributed by atoms with Gasteiger partial charge in [-0.05, 0) is 73.8 Å². The van der Waals surface area contributed by atoms with E-state index in [4.69, 9.17) is 11.6 Å². The van der Waals surface area contributed by atoms with Crippen LogP contribution in [0.5, 0.6) is 0 Å². The van der Waals surface area contributed by atoms with Crippen molar-refractivity contribution in [1.82, 2.24) is 9.80 Å². The predicted octanol–water partition coefficient (Wildman–Crippen LogP) is 2.71. The van der Waals surface area contributed by atoms with Crippen molar-refractivity contribution in [2.75, 3.05) is 31.9 Å². The van der Waals surface area contributed by atoms with Gasteiger partial charge in [-0.1, -0.05) is 23.7 Å². The number of halogens is 1. The van der Waals surface area contributed by atoms with Gasteiger partial charge in [-0.15, -0.1) is 0 Å². The monoisotopic (exact) mass is 450 g/mol. The summed E-state index contributed by atoms with van der Waals surface area (Å²) in [7, 11) is -3.81. The fourth-order valence-electron chi connectivity index (χ4n) is 4.53. The fourth-order valence-corrected chi connectivity index (χ4v) is 6.05. The maximum absolute atomic E-state index is 12.8. The lowest BCUT2D eigenvalue weighted by atomic mass is 10.0. The van der Waals surface area contributed by atoms with Gasteiger partial charge < -0.3 is 14.9 Å². The van der Waals surface area contributed by atoms with E-state index < -0.39 is 27.6 Å². The second kappa shape index (κ2) is 8.83. The first kappa shape index (κ1) is 21.6. The molecule has 2 aliphatic rings. The van der Waals surface area contributed by atoms with Crippen LogP contribution in [0.2, 0.25) is 5.02 Å². The standard InChI is InChI=1S/C22H27ClN2O4S/c23-18-5-3-17-14-20(6-4-16(17)13-18)30(28,29)15-21(26)22(27)25-11-7-19(8-12-25)24-9-1-2-10-24/h3-6,13-14,19,21,26H,1-2,7-12,15H2/t21-/m1/s1. The average molecular weight is 451 g/mol. The molecule has 1 N–H and O–H groups in total. The summed E-state index contributed by atoms with van der Waals surface area (Å²) in [6.07, 6.45) is 2.66. The molecule has 30 heavy (non-hydrogen) atoms. The highest BCUT2D eigenvalue weighted by Crippen LogP contribution is 2.25. The molecule has 162 valence electrons. The second-order valence-electron chi connectivity index (χ2n) is 8.25. The lowest BCUT2D eigenvalue weighted by molar-refractivity contribution is -0.140. The molecule has 0 radical (unpaired) electrons. The van der Waals surface area contributed by atoms with Crippen molar-refractivity contribution in [1.29, 1.82) is 0 Å². The van der Waals surface area contributed by atoms with E-state index in [1.165, 1.54) is 18.9 Å². The highest BCUT2D eigenvalue weighted by atomic mass is 35.5. The molecule has 2 aromatic rings. The molecule has 0 spiro atoms. The molecule has 0 unspecified atom stereocenters. The summed E-state index contributed by atoms with van der Waals surface area (Å²) < 4.78 is 25.6. The number of hydrogen-bond donors (Lipinski definition) is 1. The van der Waals surface area contributed by atoms with Crippen molar-refractivity contribution in [3.8, 4) is 0 Å². The third kappa shape index (κ3) is 4.64. The van der Waals surface area contributed by atoms with Gasteiger partial charge in [0, 0.05) is 24.2 Å². The average Bonchev–Trinajstić information content (AvgIpc) is 3.27. The summed E-state index contributed by atoms with van der Waals surface area (Å²) in [5, 5.41) is 12.5. The van der Waals surface area contributed by atoms with Gasteiger partial charge in [-0.2, -0.15) is 0 Å². The van der Waals surface area contributed by atoms with Gasteiger partial charge in [0.2, 0.25) is 0 Å². The molecule has 8 heteroatoms. The van der Waals surface area contributed by atoms with Crippen LogP contribution in [0.1, 0.15) is 25.7 Å². The van der Waals surface area contributed by atoms with Crippen LogP contribution in [0.4, 0.5) is 0 Å². The van der Waals surface area contributed by atoms with Gasteiger partial charge in [-0.3, -0.25) is 4.79 Å². The lowest BCUT2D eigenvalue weighted by Crippen LogP contribution is -2.49. The number of benzene rings is 2. The molecule has 0 saturated carbocycles. The summed E-state index contributed by atoms with van der Waals surface area (Å²) in [5.41, 5.74) is 0. The van der Waals surface area contributed by atoms with E-state index in [-0.39, 0.29) is 4.90 Å². The minimum Gasteiger partial charge on any atom is -0.382 e. The van der Waals surface area contributed by atoms with Crippen LogP contribution in [0.25, 0.3) is 10.8 Å². The highest BCUT2D eigenvalue weighted by Gasteiger charge is 2.33. The summed E-state index contributed by atoms with van der Waals surface area (Å²) in [6.45, 7) is 3.37. The van der Waals surface area contributed by atoms with Crippen LogP contribution in [-0.4, -0.2) is 73.3 Å². The van der Waals surface area contributed by atoms with Crippen molar-refractivity contribution in [2.24, 2.45) is 0 Å². The second-order valence-corrected chi connectivity index (χ2v) is 10.7. The van der Waals surface area contributed by atoms with E-state index in [1.54, 1.807) is 35.2 Å². The molecule has 4 rings (SSSR count). The predicted molar refractivity (Wildman–Crippen MR) is 117 cm³/mol. The Morgan fingerprint density at radius 3 is 2.37 bits per heavy atom. The number of amides is 1. The number of sulfone groups is 1. The van der Waals surface area contributed by atoms with E-state index in [2.05, 4.69) is 4.90 Å². The van der Waals surface area contributed by atoms with E-state index in [0.29, 0.717) is 24.2 Å². The number of fused-ring (bicyclic) bond motifs is 1. The van der Waals surface area contributed by atoms with Gasteiger partial charge in [0.1, 0.15) is 6.10 Å². The Morgan fingerprint density at radius 1 is 1.03 bits per heavy atom. The first-order chi connectivity index (χ1) is 14.3. The number of piperidine rings is 1. The molecular formula is C22H27ClN2O4S.